The number of amides is 1. The van der Waals surface area contributed by atoms with Crippen LogP contribution in [0.3, 0.4) is 0 Å². The molecule has 2 N–H and O–H groups in total. The number of nitrogens with one attached hydrogen (secondary N) is 1. The Kier molecular flexibility index (Phi) is 3.46. The van der Waals surface area contributed by atoms with Crippen LogP contribution in [0.5, 0.6) is 0 Å². The van der Waals surface area contributed by atoms with Crippen LogP contribution in [0, 0.1) is 0 Å². The summed E-state index contributed by atoms with van der Waals surface area (Å²) in [4.78, 5) is 22.1. The number of hydrazine groups is 1. The Hall–Kier alpha value is -1.82. The molecule has 82 valence electrons. The molecule has 1 aromatic heterocycles. The van der Waals surface area contributed by atoms with Crippen molar-refractivity contribution in [2.75, 3.05) is 14.1 Å². The fraction of sp³-hybridized carbons (Fsp3) is 0.333. The van der Waals surface area contributed by atoms with Crippen molar-refractivity contribution < 1.29 is 14.7 Å². The summed E-state index contributed by atoms with van der Waals surface area (Å²) < 4.78 is 1.38. The molecule has 0 saturated carbocycles. The van der Waals surface area contributed by atoms with Gasteiger partial charge < -0.3 is 9.67 Å². The topological polar surface area (TPSA) is 74.6 Å². The minimum absolute atomic E-state index is 0.219. The third kappa shape index (κ3) is 3.10. The largest absolute Gasteiger partial charge is 0.480 e. The number of carbonyl (C=O) groups excluding carboxylic acids is 1. The number of carbonyl (C=O) groups is 2. The van der Waals surface area contributed by atoms with E-state index in [9.17, 15) is 9.59 Å². The molecule has 0 aromatic carbocycles. The first-order valence-electron chi connectivity index (χ1n) is 4.36. The number of hydrogen-bond acceptors (Lipinski definition) is 3. The first kappa shape index (κ1) is 11.3. The number of carboxylic acid groups (broad SMARTS) is 1. The first-order chi connectivity index (χ1) is 7.00. The minimum Gasteiger partial charge on any atom is -0.480 e. The molecule has 6 nitrogen and oxygen atoms in total. The van der Waals surface area contributed by atoms with E-state index in [2.05, 4.69) is 5.43 Å². The van der Waals surface area contributed by atoms with Crippen LogP contribution in [0.4, 0.5) is 0 Å². The molecule has 0 aliphatic carbocycles. The Labute approximate surface area is 87.1 Å². The zero-order valence-corrected chi connectivity index (χ0v) is 8.60. The number of aromatic nitrogens is 1. The van der Waals surface area contributed by atoms with E-state index >= 15 is 0 Å². The normalized spacial score (nSPS) is 10.3. The lowest BCUT2D eigenvalue weighted by Gasteiger charge is -2.12. The lowest BCUT2D eigenvalue weighted by Crippen LogP contribution is -2.37. The van der Waals surface area contributed by atoms with Gasteiger partial charge >= 0.3 is 5.97 Å². The number of aliphatic carboxylic acids is 1. The molecule has 0 radical (unpaired) electrons. The van der Waals surface area contributed by atoms with Gasteiger partial charge in [-0.05, 0) is 12.1 Å². The van der Waals surface area contributed by atoms with Gasteiger partial charge in [0, 0.05) is 20.3 Å². The van der Waals surface area contributed by atoms with Crippen molar-refractivity contribution >= 4 is 11.9 Å². The van der Waals surface area contributed by atoms with Gasteiger partial charge in [-0.15, -0.1) is 0 Å². The van der Waals surface area contributed by atoms with Crippen LogP contribution in [-0.2, 0) is 11.3 Å². The third-order valence-corrected chi connectivity index (χ3v) is 1.69. The molecule has 15 heavy (non-hydrogen) atoms. The van der Waals surface area contributed by atoms with Crippen LogP contribution in [-0.4, -0.2) is 40.7 Å². The van der Waals surface area contributed by atoms with Gasteiger partial charge in [-0.3, -0.25) is 15.0 Å². The Balaban J connectivity index is 2.80. The van der Waals surface area contributed by atoms with Crippen LogP contribution in [0.1, 0.15) is 10.5 Å². The van der Waals surface area contributed by atoms with Gasteiger partial charge in [0.05, 0.1) is 0 Å². The van der Waals surface area contributed by atoms with E-state index in [1.165, 1.54) is 9.58 Å². The molecule has 1 heterocycles. The molecule has 1 amide bonds. The quantitative estimate of drug-likeness (QED) is 0.675. The van der Waals surface area contributed by atoms with Gasteiger partial charge in [0.2, 0.25) is 0 Å². The second-order valence-corrected chi connectivity index (χ2v) is 3.25. The van der Waals surface area contributed by atoms with Crippen LogP contribution >= 0.6 is 0 Å². The summed E-state index contributed by atoms with van der Waals surface area (Å²) in [5.74, 6) is -1.31. The zero-order chi connectivity index (χ0) is 11.4. The summed E-state index contributed by atoms with van der Waals surface area (Å²) in [5.41, 5.74) is 2.86. The molecule has 0 atom stereocenters. The van der Waals surface area contributed by atoms with Crippen LogP contribution in [0.25, 0.3) is 0 Å². The average molecular weight is 211 g/mol. The van der Waals surface area contributed by atoms with Gasteiger partial charge in [-0.25, -0.2) is 5.01 Å². The van der Waals surface area contributed by atoms with Crippen molar-refractivity contribution in [3.8, 4) is 0 Å². The van der Waals surface area contributed by atoms with Gasteiger partial charge in [0.25, 0.3) is 5.91 Å². The lowest BCUT2D eigenvalue weighted by molar-refractivity contribution is -0.137. The molecule has 0 spiro atoms. The maximum absolute atomic E-state index is 11.6. The highest BCUT2D eigenvalue weighted by atomic mass is 16.4. The Morgan fingerprint density at radius 3 is 2.73 bits per heavy atom. The van der Waals surface area contributed by atoms with Crippen molar-refractivity contribution in [3.05, 3.63) is 24.0 Å². The first-order valence-corrected chi connectivity index (χ1v) is 4.36. The highest BCUT2D eigenvalue weighted by Crippen LogP contribution is 2.02. The van der Waals surface area contributed by atoms with E-state index in [0.717, 1.165) is 0 Å². The maximum atomic E-state index is 11.6. The average Bonchev–Trinajstić information content (AvgIpc) is 2.49. The summed E-state index contributed by atoms with van der Waals surface area (Å²) >= 11 is 0. The van der Waals surface area contributed by atoms with Crippen molar-refractivity contribution in [1.82, 2.24) is 15.0 Å². The fourth-order valence-corrected chi connectivity index (χ4v) is 1.16. The molecule has 0 aliphatic heterocycles. The summed E-state index contributed by atoms with van der Waals surface area (Å²) in [6, 6.07) is 3.20. The summed E-state index contributed by atoms with van der Waals surface area (Å²) in [6.45, 7) is -0.219. The highest BCUT2D eigenvalue weighted by molar-refractivity contribution is 5.92. The van der Waals surface area contributed by atoms with Crippen LogP contribution in [0.2, 0.25) is 0 Å². The predicted octanol–water partition coefficient (Wildman–Crippen LogP) is -0.221. The van der Waals surface area contributed by atoms with Gasteiger partial charge in [-0.1, -0.05) is 0 Å². The molecule has 0 unspecified atom stereocenters. The number of hydrogen-bond donors (Lipinski definition) is 2. The van der Waals surface area contributed by atoms with Gasteiger partial charge in [0.15, 0.2) is 0 Å². The Bertz CT molecular complexity index is 370. The van der Waals surface area contributed by atoms with Gasteiger partial charge in [-0.2, -0.15) is 0 Å². The smallest absolute Gasteiger partial charge is 0.323 e. The molecular formula is C9H13N3O3. The van der Waals surface area contributed by atoms with E-state index in [-0.39, 0.29) is 12.5 Å². The lowest BCUT2D eigenvalue weighted by atomic mass is 10.4. The molecule has 0 fully saturated rings. The highest BCUT2D eigenvalue weighted by Gasteiger charge is 2.12. The summed E-state index contributed by atoms with van der Waals surface area (Å²) in [7, 11) is 3.37. The van der Waals surface area contributed by atoms with Gasteiger partial charge in [0.1, 0.15) is 12.2 Å². The molecule has 0 aliphatic rings. The molecule has 1 rings (SSSR count). The molecular weight excluding hydrogens is 198 g/mol. The second-order valence-electron chi connectivity index (χ2n) is 3.25. The third-order valence-electron chi connectivity index (χ3n) is 1.69. The van der Waals surface area contributed by atoms with Crippen molar-refractivity contribution in [2.45, 2.75) is 6.54 Å². The zero-order valence-electron chi connectivity index (χ0n) is 8.60. The number of rotatable bonds is 4. The SMILES string of the molecule is CN(C)NC(=O)c1cccn1CC(=O)O. The summed E-state index contributed by atoms with van der Waals surface area (Å²) in [6.07, 6.45) is 1.55. The van der Waals surface area contributed by atoms with E-state index in [0.29, 0.717) is 5.69 Å². The van der Waals surface area contributed by atoms with Crippen LogP contribution in [0.15, 0.2) is 18.3 Å². The Morgan fingerprint density at radius 2 is 2.20 bits per heavy atom. The molecule has 1 aromatic rings. The maximum Gasteiger partial charge on any atom is 0.323 e. The molecule has 6 heteroatoms. The number of carboxylic acids is 1. The standard InChI is InChI=1S/C9H13N3O3/c1-11(2)10-9(15)7-4-3-5-12(7)6-8(13)14/h3-5H,6H2,1-2H3,(H,10,15)(H,13,14). The van der Waals surface area contributed by atoms with Crippen LogP contribution < -0.4 is 5.43 Å². The monoisotopic (exact) mass is 211 g/mol. The molecule has 0 bridgehead atoms. The minimum atomic E-state index is -0.981. The van der Waals surface area contributed by atoms with E-state index in [1.807, 2.05) is 0 Å². The molecule has 0 saturated heterocycles. The summed E-state index contributed by atoms with van der Waals surface area (Å²) in [5, 5.41) is 10.1. The van der Waals surface area contributed by atoms with E-state index < -0.39 is 5.97 Å². The number of nitrogens with zero attached hydrogens (tertiary/aromatic N) is 2. The van der Waals surface area contributed by atoms with E-state index in [1.54, 1.807) is 32.4 Å². The second kappa shape index (κ2) is 4.61. The van der Waals surface area contributed by atoms with Crippen molar-refractivity contribution in [2.24, 2.45) is 0 Å². The Morgan fingerprint density at radius 1 is 1.53 bits per heavy atom. The van der Waals surface area contributed by atoms with E-state index in [4.69, 9.17) is 5.11 Å². The van der Waals surface area contributed by atoms with Crippen molar-refractivity contribution in [3.63, 3.8) is 0 Å². The fourth-order valence-electron chi connectivity index (χ4n) is 1.16. The predicted molar refractivity (Wildman–Crippen MR) is 53.2 cm³/mol. The van der Waals surface area contributed by atoms with Crippen molar-refractivity contribution in [1.29, 1.82) is 0 Å².